The summed E-state index contributed by atoms with van der Waals surface area (Å²) >= 11 is 0. The van der Waals surface area contributed by atoms with Gasteiger partial charge in [-0.2, -0.15) is 18.2 Å². The van der Waals surface area contributed by atoms with Crippen LogP contribution < -0.4 is 5.11 Å². The van der Waals surface area contributed by atoms with Gasteiger partial charge in [-0.25, -0.2) is 12.1 Å². The monoisotopic (exact) mass is 302 g/mol. The normalized spacial score (nSPS) is 11.4. The SMILES string of the molecule is O=CCC([O-])=C1C=CC=C1.[Ru+2].c1cc[cH-]c1. The fourth-order valence-electron chi connectivity index (χ4n) is 1.07. The molecule has 0 amide bonds. The number of aldehydes is 1. The quantitative estimate of drug-likeness (QED) is 0.361. The van der Waals surface area contributed by atoms with E-state index in [0.29, 0.717) is 11.9 Å². The van der Waals surface area contributed by atoms with Crippen LogP contribution in [0.5, 0.6) is 0 Å². The summed E-state index contributed by atoms with van der Waals surface area (Å²) in [6.07, 6.45) is 7.56. The van der Waals surface area contributed by atoms with Crippen molar-refractivity contribution in [3.8, 4) is 0 Å². The van der Waals surface area contributed by atoms with Crippen LogP contribution in [0, 0.1) is 0 Å². The average Bonchev–Trinajstić information content (AvgIpc) is 2.95. The molecule has 1 aliphatic rings. The van der Waals surface area contributed by atoms with Gasteiger partial charge in [0.1, 0.15) is 6.29 Å². The van der Waals surface area contributed by atoms with Gasteiger partial charge in [0.25, 0.3) is 0 Å². The van der Waals surface area contributed by atoms with E-state index < -0.39 is 0 Å². The summed E-state index contributed by atoms with van der Waals surface area (Å²) in [5.41, 5.74) is 0.618. The van der Waals surface area contributed by atoms with E-state index in [2.05, 4.69) is 0 Å². The first-order valence-electron chi connectivity index (χ1n) is 4.70. The minimum Gasteiger partial charge on any atom is -0.875 e. The Bertz CT molecular complexity index is 341. The van der Waals surface area contributed by atoms with Crippen molar-refractivity contribution in [1.82, 2.24) is 0 Å². The van der Waals surface area contributed by atoms with Crippen molar-refractivity contribution in [3.63, 3.8) is 0 Å². The van der Waals surface area contributed by atoms with E-state index in [9.17, 15) is 9.90 Å². The van der Waals surface area contributed by atoms with E-state index in [4.69, 9.17) is 0 Å². The molecule has 0 aliphatic heterocycles. The molecule has 0 fully saturated rings. The molecule has 0 unspecified atom stereocenters. The van der Waals surface area contributed by atoms with E-state index in [-0.39, 0.29) is 31.7 Å². The van der Waals surface area contributed by atoms with Gasteiger partial charge in [-0.05, 0) is 5.57 Å². The van der Waals surface area contributed by atoms with Crippen LogP contribution in [0.3, 0.4) is 0 Å². The fraction of sp³-hybridized carbons (Fsp3) is 0.0769. The van der Waals surface area contributed by atoms with Crippen molar-refractivity contribution in [2.24, 2.45) is 0 Å². The third-order valence-electron chi connectivity index (χ3n) is 1.81. The Balaban J connectivity index is 0.000000318. The zero-order valence-electron chi connectivity index (χ0n) is 8.65. The maximum atomic E-state index is 10.9. The standard InChI is InChI=1S/C8H8O2.C5H5.Ru/c9-6-5-8(10)7-3-1-2-4-7;1-2-4-5-3-1;/h1-4,6,10H,5H2;1-5H;/q;-1;+2/p-1. The third-order valence-corrected chi connectivity index (χ3v) is 1.81. The van der Waals surface area contributed by atoms with Crippen LogP contribution in [-0.2, 0) is 24.3 Å². The molecule has 16 heavy (non-hydrogen) atoms. The van der Waals surface area contributed by atoms with Crippen molar-refractivity contribution < 1.29 is 29.4 Å². The van der Waals surface area contributed by atoms with Crippen LogP contribution in [0.15, 0.2) is 66.0 Å². The Hall–Kier alpha value is -1.34. The van der Waals surface area contributed by atoms with Crippen molar-refractivity contribution in [2.45, 2.75) is 6.42 Å². The maximum absolute atomic E-state index is 10.9. The molecule has 0 radical (unpaired) electrons. The summed E-state index contributed by atoms with van der Waals surface area (Å²) in [6.45, 7) is 0. The Kier molecular flexibility index (Phi) is 8.18. The second-order valence-electron chi connectivity index (χ2n) is 2.93. The van der Waals surface area contributed by atoms with E-state index in [1.165, 1.54) is 0 Å². The zero-order valence-corrected chi connectivity index (χ0v) is 10.4. The van der Waals surface area contributed by atoms with Crippen molar-refractivity contribution in [3.05, 3.63) is 66.0 Å². The summed E-state index contributed by atoms with van der Waals surface area (Å²) in [6, 6.07) is 10.0. The van der Waals surface area contributed by atoms with E-state index in [1.54, 1.807) is 24.3 Å². The van der Waals surface area contributed by atoms with Crippen LogP contribution in [-0.4, -0.2) is 6.29 Å². The van der Waals surface area contributed by atoms with Crippen LogP contribution in [0.2, 0.25) is 0 Å². The smallest absolute Gasteiger partial charge is 0.875 e. The Morgan fingerprint density at radius 3 is 2.19 bits per heavy atom. The van der Waals surface area contributed by atoms with Gasteiger partial charge in [0.15, 0.2) is 0 Å². The van der Waals surface area contributed by atoms with E-state index >= 15 is 0 Å². The minimum atomic E-state index is -0.111. The molecule has 0 saturated heterocycles. The molecule has 1 aromatic rings. The fourth-order valence-corrected chi connectivity index (χ4v) is 1.07. The molecule has 84 valence electrons. The van der Waals surface area contributed by atoms with E-state index in [0.717, 1.165) is 0 Å². The summed E-state index contributed by atoms with van der Waals surface area (Å²) in [7, 11) is 0. The Morgan fingerprint density at radius 2 is 1.81 bits per heavy atom. The predicted molar refractivity (Wildman–Crippen MR) is 58.0 cm³/mol. The summed E-state index contributed by atoms with van der Waals surface area (Å²) in [5, 5.41) is 10.9. The third kappa shape index (κ3) is 5.52. The van der Waals surface area contributed by atoms with Crippen LogP contribution >= 0.6 is 0 Å². The number of carbonyl (C=O) groups is 1. The van der Waals surface area contributed by atoms with Gasteiger partial charge >= 0.3 is 19.5 Å². The molecular formula is C13H12O2Ru. The van der Waals surface area contributed by atoms with Crippen LogP contribution in [0.4, 0.5) is 0 Å². The Morgan fingerprint density at radius 1 is 1.25 bits per heavy atom. The molecule has 1 aromatic carbocycles. The topological polar surface area (TPSA) is 40.1 Å². The second kappa shape index (κ2) is 8.93. The maximum Gasteiger partial charge on any atom is 2.00 e. The molecule has 0 aromatic heterocycles. The van der Waals surface area contributed by atoms with Crippen molar-refractivity contribution in [1.29, 1.82) is 0 Å². The molecule has 3 heteroatoms. The summed E-state index contributed by atoms with van der Waals surface area (Å²) < 4.78 is 0. The number of carbonyl (C=O) groups excluding carboxylic acids is 1. The zero-order chi connectivity index (χ0) is 10.9. The molecule has 0 saturated carbocycles. The first-order valence-corrected chi connectivity index (χ1v) is 4.70. The van der Waals surface area contributed by atoms with E-state index in [1.807, 2.05) is 30.3 Å². The van der Waals surface area contributed by atoms with Gasteiger partial charge in [-0.1, -0.05) is 24.3 Å². The molecular weight excluding hydrogens is 289 g/mol. The molecule has 0 atom stereocenters. The molecule has 2 nitrogen and oxygen atoms in total. The Labute approximate surface area is 108 Å². The first kappa shape index (κ1) is 14.7. The van der Waals surface area contributed by atoms with Gasteiger partial charge in [-0.3, -0.25) is 0 Å². The second-order valence-corrected chi connectivity index (χ2v) is 2.93. The molecule has 1 aliphatic carbocycles. The number of rotatable bonds is 2. The molecule has 2 rings (SSSR count). The number of hydrogen-bond donors (Lipinski definition) is 0. The first-order chi connectivity index (χ1) is 7.34. The van der Waals surface area contributed by atoms with Gasteiger partial charge < -0.3 is 9.90 Å². The van der Waals surface area contributed by atoms with Gasteiger partial charge in [-0.15, -0.1) is 5.76 Å². The summed E-state index contributed by atoms with van der Waals surface area (Å²) in [4.78, 5) is 9.89. The molecule has 0 spiro atoms. The van der Waals surface area contributed by atoms with Crippen LogP contribution in [0.1, 0.15) is 6.42 Å². The van der Waals surface area contributed by atoms with Crippen LogP contribution in [0.25, 0.3) is 0 Å². The summed E-state index contributed by atoms with van der Waals surface area (Å²) in [5.74, 6) is -0.111. The van der Waals surface area contributed by atoms with Crippen molar-refractivity contribution >= 4 is 6.29 Å². The number of hydrogen-bond acceptors (Lipinski definition) is 2. The number of allylic oxidation sites excluding steroid dienone is 6. The molecule has 0 heterocycles. The predicted octanol–water partition coefficient (Wildman–Crippen LogP) is 1.72. The molecule has 0 bridgehead atoms. The molecule has 0 N–H and O–H groups in total. The van der Waals surface area contributed by atoms with Gasteiger partial charge in [0.05, 0.1) is 0 Å². The average molecular weight is 301 g/mol. The minimum absolute atomic E-state index is 0. The van der Waals surface area contributed by atoms with Gasteiger partial charge in [0.2, 0.25) is 0 Å². The van der Waals surface area contributed by atoms with Gasteiger partial charge in [0, 0.05) is 6.42 Å². The largest absolute Gasteiger partial charge is 2.00 e. The van der Waals surface area contributed by atoms with Crippen molar-refractivity contribution in [2.75, 3.05) is 0 Å².